The number of hydrogen-bond acceptors (Lipinski definition) is 5. The van der Waals surface area contributed by atoms with E-state index in [1.54, 1.807) is 6.92 Å². The monoisotopic (exact) mass is 458 g/mol. The third-order valence-corrected chi connectivity index (χ3v) is 6.82. The molecule has 3 aromatic rings. The molecule has 1 atom stereocenters. The summed E-state index contributed by atoms with van der Waals surface area (Å²) in [5.41, 5.74) is 0.822. The van der Waals surface area contributed by atoms with Crippen molar-refractivity contribution in [3.63, 3.8) is 0 Å². The van der Waals surface area contributed by atoms with E-state index in [0.29, 0.717) is 6.61 Å². The first-order chi connectivity index (χ1) is 16.5. The van der Waals surface area contributed by atoms with E-state index in [4.69, 9.17) is 4.74 Å². The topological polar surface area (TPSA) is 65.1 Å². The molecule has 0 radical (unpaired) electrons. The Hall–Kier alpha value is -3.58. The number of benzene rings is 3. The molecular weight excluding hydrogens is 428 g/mol. The van der Waals surface area contributed by atoms with Crippen molar-refractivity contribution in [1.29, 1.82) is 0 Å². The van der Waals surface area contributed by atoms with Gasteiger partial charge in [-0.15, -0.1) is 0 Å². The van der Waals surface area contributed by atoms with Crippen molar-refractivity contribution in [2.45, 2.75) is 19.4 Å². The van der Waals surface area contributed by atoms with Crippen LogP contribution in [0.15, 0.2) is 66.7 Å². The smallest absolute Gasteiger partial charge is 0.326 e. The van der Waals surface area contributed by atoms with Gasteiger partial charge in [-0.05, 0) is 42.3 Å². The third kappa shape index (κ3) is 3.86. The highest BCUT2D eigenvalue weighted by atomic mass is 16.5. The Bertz CT molecular complexity index is 1220. The van der Waals surface area contributed by atoms with Crippen LogP contribution < -0.4 is 15.0 Å². The summed E-state index contributed by atoms with van der Waals surface area (Å²) in [6.45, 7) is 7.80. The number of nitrogens with one attached hydrogen (secondary N) is 1. The van der Waals surface area contributed by atoms with E-state index < -0.39 is 5.54 Å². The Morgan fingerprint density at radius 1 is 0.912 bits per heavy atom. The van der Waals surface area contributed by atoms with Crippen LogP contribution in [0.4, 0.5) is 10.5 Å². The van der Waals surface area contributed by atoms with Gasteiger partial charge in [0.2, 0.25) is 0 Å². The fraction of sp³-hybridized carbons (Fsp3) is 0.333. The lowest BCUT2D eigenvalue weighted by atomic mass is 9.88. The van der Waals surface area contributed by atoms with Gasteiger partial charge in [-0.1, -0.05) is 54.6 Å². The molecule has 7 heteroatoms. The van der Waals surface area contributed by atoms with Crippen LogP contribution in [0.1, 0.15) is 19.4 Å². The van der Waals surface area contributed by atoms with Gasteiger partial charge in [0.05, 0.1) is 19.0 Å². The number of hydrogen-bond donors (Lipinski definition) is 1. The second-order valence-electron chi connectivity index (χ2n) is 8.96. The van der Waals surface area contributed by atoms with Crippen LogP contribution in [0, 0.1) is 0 Å². The van der Waals surface area contributed by atoms with Crippen LogP contribution in [0.25, 0.3) is 10.8 Å². The largest absolute Gasteiger partial charge is 0.492 e. The lowest BCUT2D eigenvalue weighted by Crippen LogP contribution is -2.51. The average Bonchev–Trinajstić information content (AvgIpc) is 3.08. The van der Waals surface area contributed by atoms with E-state index in [2.05, 4.69) is 21.2 Å². The molecule has 5 rings (SSSR count). The minimum atomic E-state index is -1.09. The van der Waals surface area contributed by atoms with Gasteiger partial charge in [-0.3, -0.25) is 9.69 Å². The number of nitrogens with zero attached hydrogens (tertiary/aromatic N) is 3. The fourth-order valence-electron chi connectivity index (χ4n) is 5.00. The third-order valence-electron chi connectivity index (χ3n) is 6.82. The first-order valence-electron chi connectivity index (χ1n) is 11.8. The molecular formula is C27H30N4O3. The number of rotatable bonds is 6. The highest BCUT2D eigenvalue weighted by molar-refractivity contribution is 6.09. The summed E-state index contributed by atoms with van der Waals surface area (Å²) >= 11 is 0. The quantitative estimate of drug-likeness (QED) is 0.570. The lowest BCUT2D eigenvalue weighted by Gasteiger charge is -2.37. The molecule has 2 aliphatic heterocycles. The summed E-state index contributed by atoms with van der Waals surface area (Å²) in [5, 5.41) is 4.99. The zero-order chi connectivity index (χ0) is 23.7. The second kappa shape index (κ2) is 8.99. The van der Waals surface area contributed by atoms with E-state index in [9.17, 15) is 9.59 Å². The fourth-order valence-corrected chi connectivity index (χ4v) is 5.00. The normalized spacial score (nSPS) is 21.2. The number of urea groups is 1. The zero-order valence-corrected chi connectivity index (χ0v) is 19.7. The molecule has 2 saturated heterocycles. The van der Waals surface area contributed by atoms with Crippen molar-refractivity contribution >= 4 is 28.4 Å². The first kappa shape index (κ1) is 22.2. The van der Waals surface area contributed by atoms with Crippen molar-refractivity contribution in [2.24, 2.45) is 0 Å². The number of fused-ring (bicyclic) bond motifs is 1. The molecule has 0 aromatic heterocycles. The molecule has 1 unspecified atom stereocenters. The van der Waals surface area contributed by atoms with Crippen molar-refractivity contribution in [1.82, 2.24) is 15.1 Å². The summed E-state index contributed by atoms with van der Waals surface area (Å²) in [6, 6.07) is 21.6. The molecule has 7 nitrogen and oxygen atoms in total. The molecule has 0 spiro atoms. The van der Waals surface area contributed by atoms with Gasteiger partial charge >= 0.3 is 6.03 Å². The van der Waals surface area contributed by atoms with Crippen molar-refractivity contribution in [3.05, 3.63) is 72.3 Å². The molecule has 2 heterocycles. The van der Waals surface area contributed by atoms with Gasteiger partial charge in [0.15, 0.2) is 0 Å². The highest BCUT2D eigenvalue weighted by Crippen LogP contribution is 2.34. The molecule has 3 amide bonds. The van der Waals surface area contributed by atoms with Crippen molar-refractivity contribution in [3.8, 4) is 5.75 Å². The average molecular weight is 459 g/mol. The molecule has 3 aromatic carbocycles. The van der Waals surface area contributed by atoms with Gasteiger partial charge in [-0.2, -0.15) is 0 Å². The van der Waals surface area contributed by atoms with E-state index in [-0.39, 0.29) is 18.6 Å². The number of carbonyl (C=O) groups excluding carboxylic acids is 2. The number of anilines is 1. The minimum Gasteiger partial charge on any atom is -0.492 e. The number of ether oxygens (including phenoxy) is 1. The standard InChI is InChI=1S/C27H30N4O3/c1-3-34-24-14-7-6-13-23(24)30-17-15-29(16-18-30)19-31-25(32)27(2,28-26(31)33)22-12-8-10-20-9-4-5-11-21(20)22/h4-14H,3,15-19H2,1-2H3,(H,28,33). The maximum atomic E-state index is 13.5. The minimum absolute atomic E-state index is 0.210. The predicted molar refractivity (Wildman–Crippen MR) is 133 cm³/mol. The molecule has 0 saturated carbocycles. The highest BCUT2D eigenvalue weighted by Gasteiger charge is 2.50. The van der Waals surface area contributed by atoms with Crippen LogP contribution in [0.5, 0.6) is 5.75 Å². The summed E-state index contributed by atoms with van der Waals surface area (Å²) in [7, 11) is 0. The van der Waals surface area contributed by atoms with Crippen LogP contribution in [-0.2, 0) is 10.3 Å². The summed E-state index contributed by atoms with van der Waals surface area (Å²) < 4.78 is 5.79. The summed E-state index contributed by atoms with van der Waals surface area (Å²) in [5.74, 6) is 0.677. The number of imide groups is 1. The van der Waals surface area contributed by atoms with E-state index >= 15 is 0 Å². The van der Waals surface area contributed by atoms with Gasteiger partial charge in [0.1, 0.15) is 11.3 Å². The van der Waals surface area contributed by atoms with Crippen molar-refractivity contribution in [2.75, 3.05) is 44.4 Å². The molecule has 176 valence electrons. The lowest BCUT2D eigenvalue weighted by molar-refractivity contribution is -0.132. The van der Waals surface area contributed by atoms with E-state index in [0.717, 1.165) is 54.0 Å². The van der Waals surface area contributed by atoms with Gasteiger partial charge in [0, 0.05) is 26.2 Å². The molecule has 2 fully saturated rings. The summed E-state index contributed by atoms with van der Waals surface area (Å²) in [6.07, 6.45) is 0. The first-order valence-corrected chi connectivity index (χ1v) is 11.8. The number of carbonyl (C=O) groups is 2. The Morgan fingerprint density at radius 3 is 2.41 bits per heavy atom. The molecule has 0 bridgehead atoms. The predicted octanol–water partition coefficient (Wildman–Crippen LogP) is 3.79. The van der Waals surface area contributed by atoms with Crippen LogP contribution >= 0.6 is 0 Å². The molecule has 2 aliphatic rings. The SMILES string of the molecule is CCOc1ccccc1N1CCN(CN2C(=O)NC(C)(c3cccc4ccccc34)C2=O)CC1. The summed E-state index contributed by atoms with van der Waals surface area (Å²) in [4.78, 5) is 32.3. The number of amides is 3. The van der Waals surface area contributed by atoms with Gasteiger partial charge < -0.3 is 15.0 Å². The second-order valence-corrected chi connectivity index (χ2v) is 8.96. The Balaban J connectivity index is 1.29. The van der Waals surface area contributed by atoms with Gasteiger partial charge in [0.25, 0.3) is 5.91 Å². The van der Waals surface area contributed by atoms with E-state index in [1.807, 2.05) is 67.6 Å². The Kier molecular flexibility index (Phi) is 5.87. The van der Waals surface area contributed by atoms with E-state index in [1.165, 1.54) is 4.90 Å². The van der Waals surface area contributed by atoms with Crippen LogP contribution in [-0.4, -0.2) is 61.2 Å². The van der Waals surface area contributed by atoms with Crippen LogP contribution in [0.3, 0.4) is 0 Å². The van der Waals surface area contributed by atoms with Crippen molar-refractivity contribution < 1.29 is 14.3 Å². The Morgan fingerprint density at radius 2 is 1.62 bits per heavy atom. The number of para-hydroxylation sites is 2. The molecule has 0 aliphatic carbocycles. The molecule has 1 N–H and O–H groups in total. The maximum Gasteiger partial charge on any atom is 0.326 e. The zero-order valence-electron chi connectivity index (χ0n) is 19.7. The molecule has 34 heavy (non-hydrogen) atoms. The Labute approximate surface area is 199 Å². The maximum absolute atomic E-state index is 13.5. The number of piperazine rings is 1. The van der Waals surface area contributed by atoms with Gasteiger partial charge in [-0.25, -0.2) is 9.69 Å². The van der Waals surface area contributed by atoms with Crippen LogP contribution in [0.2, 0.25) is 0 Å².